The summed E-state index contributed by atoms with van der Waals surface area (Å²) in [6.07, 6.45) is 1.29. The van der Waals surface area contributed by atoms with E-state index < -0.39 is 18.1 Å². The van der Waals surface area contributed by atoms with Crippen molar-refractivity contribution in [3.05, 3.63) is 34.3 Å². The minimum Gasteiger partial charge on any atom is -0.469 e. The molecule has 0 aromatic heterocycles. The van der Waals surface area contributed by atoms with E-state index in [9.17, 15) is 9.59 Å². The lowest BCUT2D eigenvalue weighted by molar-refractivity contribution is -0.141. The van der Waals surface area contributed by atoms with Crippen LogP contribution >= 0.6 is 15.9 Å². The van der Waals surface area contributed by atoms with Crippen LogP contribution in [0.3, 0.4) is 0 Å². The Hall–Kier alpha value is -1.56. The van der Waals surface area contributed by atoms with Gasteiger partial charge in [0.25, 0.3) is 0 Å². The van der Waals surface area contributed by atoms with Crippen molar-refractivity contribution in [1.29, 1.82) is 0 Å². The van der Waals surface area contributed by atoms with Crippen molar-refractivity contribution >= 4 is 28.0 Å². The Bertz CT molecular complexity index is 461. The Morgan fingerprint density at radius 1 is 1.29 bits per heavy atom. The molecule has 0 fully saturated rings. The molecule has 5 nitrogen and oxygen atoms in total. The number of nitrogens with one attached hydrogen (secondary N) is 1. The van der Waals surface area contributed by atoms with E-state index in [1.807, 2.05) is 31.2 Å². The van der Waals surface area contributed by atoms with Crippen molar-refractivity contribution < 1.29 is 19.1 Å². The molecule has 21 heavy (non-hydrogen) atoms. The number of hydrogen-bond donors (Lipinski definition) is 1. The minimum absolute atomic E-state index is 0.0566. The fourth-order valence-electron chi connectivity index (χ4n) is 1.69. The molecular formula is C15H20BrNO4. The fraction of sp³-hybridized carbons (Fsp3) is 0.467. The summed E-state index contributed by atoms with van der Waals surface area (Å²) in [6.45, 7) is 2.39. The largest absolute Gasteiger partial charge is 0.469 e. The molecule has 1 N–H and O–H groups in total. The Labute approximate surface area is 133 Å². The van der Waals surface area contributed by atoms with E-state index in [1.54, 1.807) is 0 Å². The zero-order chi connectivity index (χ0) is 15.7. The second-order valence-electron chi connectivity index (χ2n) is 4.52. The highest BCUT2D eigenvalue weighted by molar-refractivity contribution is 9.10. The summed E-state index contributed by atoms with van der Waals surface area (Å²) in [5.74, 6) is -0.392. The summed E-state index contributed by atoms with van der Waals surface area (Å²) in [6, 6.07) is 6.90. The molecule has 0 aliphatic rings. The molecular weight excluding hydrogens is 338 g/mol. The lowest BCUT2D eigenvalue weighted by Gasteiger charge is -2.18. The molecule has 1 aromatic rings. The maximum atomic E-state index is 11.7. The number of esters is 1. The van der Waals surface area contributed by atoms with Gasteiger partial charge in [0.1, 0.15) is 0 Å². The van der Waals surface area contributed by atoms with Crippen LogP contribution < -0.4 is 5.32 Å². The van der Waals surface area contributed by atoms with Gasteiger partial charge in [-0.25, -0.2) is 4.79 Å². The van der Waals surface area contributed by atoms with Gasteiger partial charge < -0.3 is 14.8 Å². The Kier molecular flexibility index (Phi) is 7.82. The number of amides is 1. The molecule has 0 spiro atoms. The molecule has 0 radical (unpaired) electrons. The van der Waals surface area contributed by atoms with Gasteiger partial charge in [-0.2, -0.15) is 0 Å². The lowest BCUT2D eigenvalue weighted by Crippen LogP contribution is -2.31. The third-order valence-corrected chi connectivity index (χ3v) is 3.42. The molecule has 0 saturated heterocycles. The monoisotopic (exact) mass is 357 g/mol. The van der Waals surface area contributed by atoms with E-state index in [0.717, 1.165) is 22.9 Å². The van der Waals surface area contributed by atoms with Crippen LogP contribution in [0.15, 0.2) is 28.7 Å². The van der Waals surface area contributed by atoms with Crippen LogP contribution in [0.25, 0.3) is 0 Å². The Morgan fingerprint density at radius 2 is 1.95 bits per heavy atom. The smallest absolute Gasteiger partial charge is 0.407 e. The SMILES string of the molecule is CCCCOC(=O)N[C@@H](CC(=O)OC)c1ccc(Br)cc1. The van der Waals surface area contributed by atoms with Crippen molar-refractivity contribution in [3.63, 3.8) is 0 Å². The van der Waals surface area contributed by atoms with Crippen LogP contribution in [0.4, 0.5) is 4.79 Å². The third-order valence-electron chi connectivity index (χ3n) is 2.89. The van der Waals surface area contributed by atoms with Gasteiger partial charge in [0.05, 0.1) is 26.2 Å². The quantitative estimate of drug-likeness (QED) is 0.598. The highest BCUT2D eigenvalue weighted by Crippen LogP contribution is 2.20. The van der Waals surface area contributed by atoms with Crippen molar-refractivity contribution in [2.45, 2.75) is 32.2 Å². The summed E-state index contributed by atoms with van der Waals surface area (Å²) in [7, 11) is 1.32. The average Bonchev–Trinajstić information content (AvgIpc) is 2.47. The van der Waals surface area contributed by atoms with Gasteiger partial charge >= 0.3 is 12.1 Å². The van der Waals surface area contributed by atoms with E-state index in [1.165, 1.54) is 7.11 Å². The first-order valence-electron chi connectivity index (χ1n) is 6.82. The Balaban J connectivity index is 2.70. The van der Waals surface area contributed by atoms with Gasteiger partial charge in [-0.1, -0.05) is 41.4 Å². The van der Waals surface area contributed by atoms with E-state index in [2.05, 4.69) is 26.0 Å². The maximum Gasteiger partial charge on any atom is 0.407 e. The van der Waals surface area contributed by atoms with E-state index in [0.29, 0.717) is 6.61 Å². The predicted octanol–water partition coefficient (Wildman–Crippen LogP) is 3.58. The normalized spacial score (nSPS) is 11.6. The van der Waals surface area contributed by atoms with Gasteiger partial charge in [-0.05, 0) is 24.1 Å². The number of hydrogen-bond acceptors (Lipinski definition) is 4. The van der Waals surface area contributed by atoms with E-state index in [4.69, 9.17) is 4.74 Å². The van der Waals surface area contributed by atoms with Gasteiger partial charge in [0.2, 0.25) is 0 Å². The molecule has 0 saturated carbocycles. The van der Waals surface area contributed by atoms with Crippen molar-refractivity contribution in [2.24, 2.45) is 0 Å². The van der Waals surface area contributed by atoms with Crippen LogP contribution in [0.5, 0.6) is 0 Å². The standard InChI is InChI=1S/C15H20BrNO4/c1-3-4-9-21-15(19)17-13(10-14(18)20-2)11-5-7-12(16)8-6-11/h5-8,13H,3-4,9-10H2,1-2H3,(H,17,19)/t13-/m0/s1. The van der Waals surface area contributed by atoms with Crippen LogP contribution in [-0.2, 0) is 14.3 Å². The number of rotatable bonds is 7. The molecule has 1 atom stereocenters. The number of unbranched alkanes of at least 4 members (excludes halogenated alkanes) is 1. The predicted molar refractivity (Wildman–Crippen MR) is 82.9 cm³/mol. The van der Waals surface area contributed by atoms with E-state index in [-0.39, 0.29) is 6.42 Å². The average molecular weight is 358 g/mol. The Morgan fingerprint density at radius 3 is 2.52 bits per heavy atom. The van der Waals surface area contributed by atoms with Crippen molar-refractivity contribution in [3.8, 4) is 0 Å². The van der Waals surface area contributed by atoms with E-state index >= 15 is 0 Å². The number of carbonyl (C=O) groups excluding carboxylic acids is 2. The van der Waals surface area contributed by atoms with Crippen molar-refractivity contribution in [1.82, 2.24) is 5.32 Å². The lowest BCUT2D eigenvalue weighted by atomic mass is 10.0. The summed E-state index contributed by atoms with van der Waals surface area (Å²) >= 11 is 3.35. The molecule has 0 heterocycles. The van der Waals surface area contributed by atoms with Gasteiger partial charge in [0.15, 0.2) is 0 Å². The minimum atomic E-state index is -0.528. The fourth-order valence-corrected chi connectivity index (χ4v) is 1.95. The van der Waals surface area contributed by atoms with Gasteiger partial charge in [-0.3, -0.25) is 4.79 Å². The molecule has 1 amide bonds. The van der Waals surface area contributed by atoms with Crippen molar-refractivity contribution in [2.75, 3.05) is 13.7 Å². The zero-order valence-corrected chi connectivity index (χ0v) is 13.8. The molecule has 1 rings (SSSR count). The van der Waals surface area contributed by atoms with Gasteiger partial charge in [-0.15, -0.1) is 0 Å². The first-order chi connectivity index (χ1) is 10.1. The second-order valence-corrected chi connectivity index (χ2v) is 5.43. The molecule has 1 aromatic carbocycles. The number of carbonyl (C=O) groups is 2. The third kappa shape index (κ3) is 6.62. The van der Waals surface area contributed by atoms with Gasteiger partial charge in [0, 0.05) is 4.47 Å². The van der Waals surface area contributed by atoms with Crippen LogP contribution in [0, 0.1) is 0 Å². The summed E-state index contributed by atoms with van der Waals surface area (Å²) < 4.78 is 10.7. The zero-order valence-electron chi connectivity index (χ0n) is 12.2. The number of alkyl carbamates (subject to hydrolysis) is 1. The molecule has 6 heteroatoms. The first kappa shape index (κ1) is 17.5. The van der Waals surface area contributed by atoms with Crippen LogP contribution in [0.1, 0.15) is 37.8 Å². The van der Waals surface area contributed by atoms with Crippen LogP contribution in [-0.4, -0.2) is 25.8 Å². The number of methoxy groups -OCH3 is 1. The molecule has 0 bridgehead atoms. The van der Waals surface area contributed by atoms with Crippen LogP contribution in [0.2, 0.25) is 0 Å². The highest BCUT2D eigenvalue weighted by Gasteiger charge is 2.19. The summed E-state index contributed by atoms with van der Waals surface area (Å²) in [4.78, 5) is 23.2. The summed E-state index contributed by atoms with van der Waals surface area (Å²) in [5.41, 5.74) is 0.816. The number of benzene rings is 1. The number of halogens is 1. The highest BCUT2D eigenvalue weighted by atomic mass is 79.9. The summed E-state index contributed by atoms with van der Waals surface area (Å²) in [5, 5.41) is 2.70. The molecule has 0 aliphatic carbocycles. The second kappa shape index (κ2) is 9.39. The topological polar surface area (TPSA) is 64.6 Å². The number of ether oxygens (including phenoxy) is 2. The molecule has 0 unspecified atom stereocenters. The molecule has 0 aliphatic heterocycles. The first-order valence-corrected chi connectivity index (χ1v) is 7.61. The molecule has 116 valence electrons. The maximum absolute atomic E-state index is 11.7.